The molecule has 2 aliphatic rings. The molecule has 2 aliphatic heterocycles. The number of piperazine rings is 1. The van der Waals surface area contributed by atoms with Crippen LogP contribution >= 0.6 is 0 Å². The fraction of sp³-hybridized carbons (Fsp3) is 0.286. The molecule has 2 heterocycles. The minimum atomic E-state index is -0.486. The Hall–Kier alpha value is -3.23. The largest absolute Gasteiger partial charge is 0.507 e. The van der Waals surface area contributed by atoms with E-state index in [-0.39, 0.29) is 23.0 Å². The SMILES string of the molecule is CN1CCN(Cc2c(O)ccc3c2OC(=Cc2cccc([N+](=O)[O-])c2)C3=O)CC1. The van der Waals surface area contributed by atoms with Crippen LogP contribution in [0, 0.1) is 10.1 Å². The fourth-order valence-electron chi connectivity index (χ4n) is 3.56. The number of rotatable bonds is 4. The monoisotopic (exact) mass is 395 g/mol. The van der Waals surface area contributed by atoms with Gasteiger partial charge in [0.2, 0.25) is 5.78 Å². The number of Topliss-reactive ketones (excluding diaryl/α,β-unsaturated/α-hetero) is 1. The molecule has 0 radical (unpaired) electrons. The standard InChI is InChI=1S/C21H21N3O5/c1-22-7-9-23(10-8-22)13-17-18(25)6-5-16-20(26)19(29-21(16)17)12-14-3-2-4-15(11-14)24(27)28/h2-6,11-12,25H,7-10,13H2,1H3. The van der Waals surface area contributed by atoms with E-state index in [4.69, 9.17) is 4.74 Å². The summed E-state index contributed by atoms with van der Waals surface area (Å²) >= 11 is 0. The second-order valence-corrected chi connectivity index (χ2v) is 7.31. The summed E-state index contributed by atoms with van der Waals surface area (Å²) in [5, 5.41) is 21.4. The van der Waals surface area contributed by atoms with Crippen molar-refractivity contribution in [2.24, 2.45) is 0 Å². The van der Waals surface area contributed by atoms with Crippen LogP contribution in [0.2, 0.25) is 0 Å². The number of nitro groups is 1. The van der Waals surface area contributed by atoms with E-state index in [1.807, 2.05) is 0 Å². The van der Waals surface area contributed by atoms with E-state index in [9.17, 15) is 20.0 Å². The highest BCUT2D eigenvalue weighted by Gasteiger charge is 2.32. The normalized spacial score (nSPS) is 18.7. The third kappa shape index (κ3) is 3.85. The van der Waals surface area contributed by atoms with Crippen molar-refractivity contribution in [1.29, 1.82) is 0 Å². The lowest BCUT2D eigenvalue weighted by molar-refractivity contribution is -0.384. The molecule has 0 amide bonds. The number of likely N-dealkylation sites (N-methyl/N-ethyl adjacent to an activating group) is 1. The van der Waals surface area contributed by atoms with Crippen LogP contribution in [0.25, 0.3) is 6.08 Å². The van der Waals surface area contributed by atoms with Gasteiger partial charge in [-0.25, -0.2) is 0 Å². The molecule has 8 nitrogen and oxygen atoms in total. The second-order valence-electron chi connectivity index (χ2n) is 7.31. The summed E-state index contributed by atoms with van der Waals surface area (Å²) < 4.78 is 5.84. The molecule has 4 rings (SSSR count). The van der Waals surface area contributed by atoms with Gasteiger partial charge in [0, 0.05) is 44.9 Å². The lowest BCUT2D eigenvalue weighted by Crippen LogP contribution is -2.43. The molecular weight excluding hydrogens is 374 g/mol. The summed E-state index contributed by atoms with van der Waals surface area (Å²) in [7, 11) is 2.07. The van der Waals surface area contributed by atoms with E-state index in [1.54, 1.807) is 18.2 Å². The predicted octanol–water partition coefficient (Wildman–Crippen LogP) is 2.66. The van der Waals surface area contributed by atoms with Gasteiger partial charge < -0.3 is 14.7 Å². The maximum atomic E-state index is 12.8. The Morgan fingerprint density at radius 2 is 1.97 bits per heavy atom. The molecule has 0 spiro atoms. The van der Waals surface area contributed by atoms with E-state index in [1.165, 1.54) is 24.3 Å². The Morgan fingerprint density at radius 3 is 2.69 bits per heavy atom. The smallest absolute Gasteiger partial charge is 0.270 e. The average molecular weight is 395 g/mol. The first kappa shape index (κ1) is 19.1. The van der Waals surface area contributed by atoms with Gasteiger partial charge in [-0.2, -0.15) is 0 Å². The minimum Gasteiger partial charge on any atom is -0.507 e. The highest BCUT2D eigenvalue weighted by Crippen LogP contribution is 2.40. The Morgan fingerprint density at radius 1 is 1.21 bits per heavy atom. The van der Waals surface area contributed by atoms with E-state index in [2.05, 4.69) is 16.8 Å². The summed E-state index contributed by atoms with van der Waals surface area (Å²) in [6, 6.07) is 9.07. The molecule has 1 fully saturated rings. The van der Waals surface area contributed by atoms with Crippen LogP contribution in [0.3, 0.4) is 0 Å². The number of ether oxygens (including phenoxy) is 1. The average Bonchev–Trinajstić information content (AvgIpc) is 3.01. The number of phenolic OH excluding ortho intramolecular Hbond substituents is 1. The van der Waals surface area contributed by atoms with Crippen molar-refractivity contribution in [2.45, 2.75) is 6.54 Å². The van der Waals surface area contributed by atoms with Gasteiger partial charge in [-0.15, -0.1) is 0 Å². The molecule has 0 aliphatic carbocycles. The Labute approximate surface area is 167 Å². The number of hydrogen-bond donors (Lipinski definition) is 1. The summed E-state index contributed by atoms with van der Waals surface area (Å²) in [5.41, 5.74) is 1.42. The zero-order chi connectivity index (χ0) is 20.5. The first-order chi connectivity index (χ1) is 13.9. The topological polar surface area (TPSA) is 96.2 Å². The number of nitrogens with zero attached hydrogens (tertiary/aromatic N) is 3. The molecule has 2 aromatic carbocycles. The van der Waals surface area contributed by atoms with Crippen LogP contribution in [0.1, 0.15) is 21.5 Å². The van der Waals surface area contributed by atoms with Crippen molar-refractivity contribution in [3.05, 3.63) is 69.0 Å². The van der Waals surface area contributed by atoms with Gasteiger partial charge in [0.15, 0.2) is 5.76 Å². The lowest BCUT2D eigenvalue weighted by Gasteiger charge is -2.32. The molecule has 150 valence electrons. The van der Waals surface area contributed by atoms with Crippen LogP contribution in [0.5, 0.6) is 11.5 Å². The van der Waals surface area contributed by atoms with E-state index >= 15 is 0 Å². The Balaban J connectivity index is 1.62. The number of non-ortho nitro benzene ring substituents is 1. The zero-order valence-corrected chi connectivity index (χ0v) is 16.0. The number of phenols is 1. The Bertz CT molecular complexity index is 1010. The predicted molar refractivity (Wildman–Crippen MR) is 107 cm³/mol. The fourth-order valence-corrected chi connectivity index (χ4v) is 3.56. The Kier molecular flexibility index (Phi) is 5.04. The molecule has 1 saturated heterocycles. The maximum absolute atomic E-state index is 12.8. The molecule has 8 heteroatoms. The lowest BCUT2D eigenvalue weighted by atomic mass is 10.0. The molecule has 0 atom stereocenters. The van der Waals surface area contributed by atoms with E-state index in [0.717, 1.165) is 26.2 Å². The van der Waals surface area contributed by atoms with Crippen molar-refractivity contribution in [3.63, 3.8) is 0 Å². The van der Waals surface area contributed by atoms with Crippen molar-refractivity contribution >= 4 is 17.5 Å². The molecule has 0 unspecified atom stereocenters. The zero-order valence-electron chi connectivity index (χ0n) is 16.0. The van der Waals surface area contributed by atoms with Crippen molar-refractivity contribution < 1.29 is 19.6 Å². The number of ketones is 1. The molecule has 1 N–H and O–H groups in total. The van der Waals surface area contributed by atoms with Crippen LogP contribution in [0.15, 0.2) is 42.2 Å². The van der Waals surface area contributed by atoms with Crippen LogP contribution in [-0.2, 0) is 6.54 Å². The summed E-state index contributed by atoms with van der Waals surface area (Å²) in [5.74, 6) is 0.245. The molecule has 29 heavy (non-hydrogen) atoms. The van der Waals surface area contributed by atoms with Crippen molar-refractivity contribution in [1.82, 2.24) is 9.80 Å². The van der Waals surface area contributed by atoms with Crippen molar-refractivity contribution in [3.8, 4) is 11.5 Å². The highest BCUT2D eigenvalue weighted by atomic mass is 16.6. The molecule has 0 bridgehead atoms. The number of carbonyl (C=O) groups excluding carboxylic acids is 1. The van der Waals surface area contributed by atoms with Gasteiger partial charge in [-0.3, -0.25) is 19.8 Å². The number of aromatic hydroxyl groups is 1. The number of benzene rings is 2. The summed E-state index contributed by atoms with van der Waals surface area (Å²) in [6.07, 6.45) is 1.49. The quantitative estimate of drug-likeness (QED) is 0.483. The van der Waals surface area contributed by atoms with Crippen molar-refractivity contribution in [2.75, 3.05) is 33.2 Å². The first-order valence-electron chi connectivity index (χ1n) is 9.37. The van der Waals surface area contributed by atoms with Gasteiger partial charge in [-0.05, 0) is 30.8 Å². The van der Waals surface area contributed by atoms with Gasteiger partial charge in [-0.1, -0.05) is 12.1 Å². The minimum absolute atomic E-state index is 0.0595. The van der Waals surface area contributed by atoms with Crippen LogP contribution in [0.4, 0.5) is 5.69 Å². The third-order valence-corrected chi connectivity index (χ3v) is 5.27. The summed E-state index contributed by atoms with van der Waals surface area (Å²) in [6.45, 7) is 4.09. The number of carbonyl (C=O) groups is 1. The first-order valence-corrected chi connectivity index (χ1v) is 9.37. The van der Waals surface area contributed by atoms with Gasteiger partial charge >= 0.3 is 0 Å². The van der Waals surface area contributed by atoms with E-state index in [0.29, 0.717) is 29.0 Å². The van der Waals surface area contributed by atoms with Gasteiger partial charge in [0.05, 0.1) is 16.1 Å². The molecule has 0 saturated carbocycles. The second kappa shape index (κ2) is 7.65. The molecule has 0 aromatic heterocycles. The third-order valence-electron chi connectivity index (χ3n) is 5.27. The summed E-state index contributed by atoms with van der Waals surface area (Å²) in [4.78, 5) is 27.7. The molecule has 2 aromatic rings. The van der Waals surface area contributed by atoms with Gasteiger partial charge in [0.1, 0.15) is 11.5 Å². The highest BCUT2D eigenvalue weighted by molar-refractivity contribution is 6.15. The van der Waals surface area contributed by atoms with Crippen LogP contribution in [-0.4, -0.2) is 58.8 Å². The number of allylic oxidation sites excluding steroid dienone is 1. The number of nitro benzene ring substituents is 1. The van der Waals surface area contributed by atoms with Crippen LogP contribution < -0.4 is 4.74 Å². The maximum Gasteiger partial charge on any atom is 0.270 e. The number of fused-ring (bicyclic) bond motifs is 1. The van der Waals surface area contributed by atoms with Gasteiger partial charge in [0.25, 0.3) is 5.69 Å². The van der Waals surface area contributed by atoms with E-state index < -0.39 is 4.92 Å². The molecular formula is C21H21N3O5. The number of hydrogen-bond acceptors (Lipinski definition) is 7.